The van der Waals surface area contributed by atoms with E-state index in [1.807, 2.05) is 9.62 Å². The molecule has 0 saturated carbocycles. The molecule has 2 aromatic rings. The number of amides is 3. The Balaban J connectivity index is 1.53. The standard InChI is InChI=1S/C20H22ClFN4O4S/c21-17-4-1-2-5-18(17)23-19(27)14-25-10-3-11-26(13-12-25)20(28)24-31(29,30)16-8-6-15(22)7-9-16/h1-2,4-9H,3,10-14H2,(H,23,27)(H,24,28). The Morgan fingerprint density at radius 1 is 1.00 bits per heavy atom. The van der Waals surface area contributed by atoms with Gasteiger partial charge in [0.15, 0.2) is 0 Å². The highest BCUT2D eigenvalue weighted by molar-refractivity contribution is 7.90. The largest absolute Gasteiger partial charge is 0.331 e. The zero-order valence-electron chi connectivity index (χ0n) is 16.6. The number of sulfonamides is 1. The number of rotatable bonds is 5. The van der Waals surface area contributed by atoms with Crippen LogP contribution in [0, 0.1) is 5.82 Å². The molecule has 3 rings (SSSR count). The van der Waals surface area contributed by atoms with Crippen LogP contribution < -0.4 is 10.0 Å². The number of benzene rings is 2. The molecule has 1 saturated heterocycles. The molecule has 1 aliphatic heterocycles. The van der Waals surface area contributed by atoms with Gasteiger partial charge in [0, 0.05) is 26.2 Å². The van der Waals surface area contributed by atoms with E-state index in [4.69, 9.17) is 11.6 Å². The summed E-state index contributed by atoms with van der Waals surface area (Å²) >= 11 is 6.05. The summed E-state index contributed by atoms with van der Waals surface area (Å²) in [5.74, 6) is -0.804. The summed E-state index contributed by atoms with van der Waals surface area (Å²) in [4.78, 5) is 27.8. The van der Waals surface area contributed by atoms with E-state index in [0.717, 1.165) is 24.3 Å². The minimum absolute atomic E-state index is 0.120. The van der Waals surface area contributed by atoms with Crippen molar-refractivity contribution in [2.24, 2.45) is 0 Å². The summed E-state index contributed by atoms with van der Waals surface area (Å²) in [6.45, 7) is 1.69. The number of hydrogen-bond donors (Lipinski definition) is 2. The Morgan fingerprint density at radius 2 is 1.71 bits per heavy atom. The van der Waals surface area contributed by atoms with E-state index in [1.165, 1.54) is 4.90 Å². The highest BCUT2D eigenvalue weighted by Crippen LogP contribution is 2.20. The van der Waals surface area contributed by atoms with E-state index >= 15 is 0 Å². The van der Waals surface area contributed by atoms with Crippen molar-refractivity contribution in [2.75, 3.05) is 38.0 Å². The minimum Gasteiger partial charge on any atom is -0.324 e. The Labute approximate surface area is 185 Å². The van der Waals surface area contributed by atoms with Crippen LogP contribution in [0.5, 0.6) is 0 Å². The van der Waals surface area contributed by atoms with Gasteiger partial charge in [-0.25, -0.2) is 22.3 Å². The van der Waals surface area contributed by atoms with Crippen molar-refractivity contribution in [1.82, 2.24) is 14.5 Å². The van der Waals surface area contributed by atoms with E-state index in [9.17, 15) is 22.4 Å². The second kappa shape index (κ2) is 10.1. The van der Waals surface area contributed by atoms with Crippen molar-refractivity contribution in [1.29, 1.82) is 0 Å². The fourth-order valence-electron chi connectivity index (χ4n) is 3.14. The highest BCUT2D eigenvalue weighted by Gasteiger charge is 2.25. The zero-order chi connectivity index (χ0) is 22.4. The van der Waals surface area contributed by atoms with Crippen molar-refractivity contribution >= 4 is 39.2 Å². The molecule has 31 heavy (non-hydrogen) atoms. The Kier molecular flexibility index (Phi) is 7.47. The molecule has 0 unspecified atom stereocenters. The Bertz CT molecular complexity index is 1050. The quantitative estimate of drug-likeness (QED) is 0.702. The van der Waals surface area contributed by atoms with Crippen LogP contribution in [0.3, 0.4) is 0 Å². The first-order chi connectivity index (χ1) is 14.7. The summed E-state index contributed by atoms with van der Waals surface area (Å²) < 4.78 is 39.7. The Hall–Kier alpha value is -2.69. The van der Waals surface area contributed by atoms with Gasteiger partial charge in [0.1, 0.15) is 5.82 Å². The molecule has 1 heterocycles. The van der Waals surface area contributed by atoms with Gasteiger partial charge < -0.3 is 10.2 Å². The Morgan fingerprint density at radius 3 is 2.42 bits per heavy atom. The number of urea groups is 1. The maximum absolute atomic E-state index is 13.0. The van der Waals surface area contributed by atoms with Crippen LogP contribution in [0.2, 0.25) is 5.02 Å². The van der Waals surface area contributed by atoms with Crippen molar-refractivity contribution in [3.8, 4) is 0 Å². The third-order valence-corrected chi connectivity index (χ3v) is 6.40. The molecule has 1 fully saturated rings. The smallest absolute Gasteiger partial charge is 0.324 e. The summed E-state index contributed by atoms with van der Waals surface area (Å²) in [5.41, 5.74) is 0.524. The molecule has 2 aromatic carbocycles. The van der Waals surface area contributed by atoms with Crippen LogP contribution >= 0.6 is 11.6 Å². The molecule has 0 radical (unpaired) electrons. The first kappa shape index (κ1) is 23.0. The lowest BCUT2D eigenvalue weighted by Gasteiger charge is -2.22. The lowest BCUT2D eigenvalue weighted by Crippen LogP contribution is -2.44. The second-order valence-electron chi connectivity index (χ2n) is 7.01. The number of hydrogen-bond acceptors (Lipinski definition) is 5. The van der Waals surface area contributed by atoms with Gasteiger partial charge in [-0.05, 0) is 42.8 Å². The minimum atomic E-state index is -4.11. The first-order valence-corrected chi connectivity index (χ1v) is 11.4. The maximum atomic E-state index is 13.0. The lowest BCUT2D eigenvalue weighted by molar-refractivity contribution is -0.117. The van der Waals surface area contributed by atoms with Gasteiger partial charge in [-0.1, -0.05) is 23.7 Å². The topological polar surface area (TPSA) is 98.8 Å². The molecule has 2 N–H and O–H groups in total. The molecule has 3 amide bonds. The van der Waals surface area contributed by atoms with E-state index in [0.29, 0.717) is 36.8 Å². The highest BCUT2D eigenvalue weighted by atomic mass is 35.5. The zero-order valence-corrected chi connectivity index (χ0v) is 18.1. The molecule has 8 nitrogen and oxygen atoms in total. The molecule has 0 spiro atoms. The summed E-state index contributed by atoms with van der Waals surface area (Å²) in [6, 6.07) is 10.4. The monoisotopic (exact) mass is 468 g/mol. The maximum Gasteiger partial charge on any atom is 0.331 e. The predicted molar refractivity (Wildman–Crippen MR) is 115 cm³/mol. The van der Waals surface area contributed by atoms with Crippen molar-refractivity contribution in [2.45, 2.75) is 11.3 Å². The molecule has 0 aromatic heterocycles. The van der Waals surface area contributed by atoms with Crippen LogP contribution in [-0.4, -0.2) is 62.9 Å². The third-order valence-electron chi connectivity index (χ3n) is 4.74. The van der Waals surface area contributed by atoms with Gasteiger partial charge in [0.05, 0.1) is 22.2 Å². The first-order valence-electron chi connectivity index (χ1n) is 9.58. The van der Waals surface area contributed by atoms with Crippen LogP contribution in [0.25, 0.3) is 0 Å². The number of carbonyl (C=O) groups is 2. The van der Waals surface area contributed by atoms with Crippen LogP contribution in [-0.2, 0) is 14.8 Å². The molecule has 0 aliphatic carbocycles. The number of carbonyl (C=O) groups excluding carboxylic acids is 2. The number of anilines is 1. The number of nitrogens with one attached hydrogen (secondary N) is 2. The molecule has 0 bridgehead atoms. The fraction of sp³-hybridized carbons (Fsp3) is 0.300. The average molecular weight is 469 g/mol. The third kappa shape index (κ3) is 6.39. The molecular weight excluding hydrogens is 447 g/mol. The lowest BCUT2D eigenvalue weighted by atomic mass is 10.3. The van der Waals surface area contributed by atoms with Gasteiger partial charge >= 0.3 is 6.03 Å². The summed E-state index contributed by atoms with van der Waals surface area (Å²) in [7, 11) is -4.11. The average Bonchev–Trinajstić information content (AvgIpc) is 2.95. The summed E-state index contributed by atoms with van der Waals surface area (Å²) in [6.07, 6.45) is 0.573. The van der Waals surface area contributed by atoms with Crippen molar-refractivity contribution < 1.29 is 22.4 Å². The van der Waals surface area contributed by atoms with E-state index in [1.54, 1.807) is 24.3 Å². The molecule has 1 aliphatic rings. The SMILES string of the molecule is O=C(CN1CCCN(C(=O)NS(=O)(=O)c2ccc(F)cc2)CC1)Nc1ccccc1Cl. The summed E-state index contributed by atoms with van der Waals surface area (Å²) in [5, 5.41) is 3.20. The van der Waals surface area contributed by atoms with Gasteiger partial charge in [-0.15, -0.1) is 0 Å². The number of nitrogens with zero attached hydrogens (tertiary/aromatic N) is 2. The van der Waals surface area contributed by atoms with Crippen LogP contribution in [0.15, 0.2) is 53.4 Å². The van der Waals surface area contributed by atoms with Crippen molar-refractivity contribution in [3.05, 3.63) is 59.4 Å². The number of halogens is 2. The number of para-hydroxylation sites is 1. The molecule has 166 valence electrons. The van der Waals surface area contributed by atoms with Gasteiger partial charge in [0.25, 0.3) is 10.0 Å². The molecular formula is C20H22ClFN4O4S. The van der Waals surface area contributed by atoms with Crippen molar-refractivity contribution in [3.63, 3.8) is 0 Å². The molecule has 0 atom stereocenters. The van der Waals surface area contributed by atoms with E-state index in [2.05, 4.69) is 5.32 Å². The fourth-order valence-corrected chi connectivity index (χ4v) is 4.29. The van der Waals surface area contributed by atoms with Gasteiger partial charge in [-0.3, -0.25) is 9.69 Å². The normalized spacial score (nSPS) is 15.2. The molecule has 11 heteroatoms. The predicted octanol–water partition coefficient (Wildman–Crippen LogP) is 2.52. The van der Waals surface area contributed by atoms with Gasteiger partial charge in [0.2, 0.25) is 5.91 Å². The van der Waals surface area contributed by atoms with E-state index < -0.39 is 21.9 Å². The second-order valence-corrected chi connectivity index (χ2v) is 9.10. The van der Waals surface area contributed by atoms with Gasteiger partial charge in [-0.2, -0.15) is 0 Å². The van der Waals surface area contributed by atoms with Crippen LogP contribution in [0.4, 0.5) is 14.9 Å². The van der Waals surface area contributed by atoms with E-state index in [-0.39, 0.29) is 23.9 Å². The van der Waals surface area contributed by atoms with Crippen LogP contribution in [0.1, 0.15) is 6.42 Å².